The van der Waals surface area contributed by atoms with Gasteiger partial charge in [-0.05, 0) is 30.0 Å². The number of halogens is 1. The Morgan fingerprint density at radius 2 is 2.14 bits per heavy atom. The van der Waals surface area contributed by atoms with Crippen molar-refractivity contribution < 1.29 is 9.90 Å². The van der Waals surface area contributed by atoms with Crippen molar-refractivity contribution in [2.24, 2.45) is 5.41 Å². The van der Waals surface area contributed by atoms with Crippen LogP contribution in [0.1, 0.15) is 27.2 Å². The highest BCUT2D eigenvalue weighted by Crippen LogP contribution is 2.29. The van der Waals surface area contributed by atoms with Crippen LogP contribution in [-0.4, -0.2) is 26.4 Å². The van der Waals surface area contributed by atoms with Crippen molar-refractivity contribution in [2.45, 2.75) is 38.9 Å². The molecule has 4 nitrogen and oxygen atoms in total. The first-order valence-corrected chi connectivity index (χ1v) is 8.13. The standard InChI is InChI=1S/C15H19ClN2O2S/c1-15(2,3)6-7-18-12-8-10(16)4-5-11(12)17-14(18)21-9-13(19)20/h4-5,8H,6-7,9H2,1-3H3,(H,19,20). The van der Waals surface area contributed by atoms with E-state index >= 15 is 0 Å². The summed E-state index contributed by atoms with van der Waals surface area (Å²) in [5, 5.41) is 10.3. The Hall–Kier alpha value is -1.20. The number of rotatable bonds is 5. The molecule has 21 heavy (non-hydrogen) atoms. The van der Waals surface area contributed by atoms with Crippen molar-refractivity contribution in [3.8, 4) is 0 Å². The normalized spacial score (nSPS) is 12.0. The topological polar surface area (TPSA) is 55.1 Å². The monoisotopic (exact) mass is 326 g/mol. The number of imidazole rings is 1. The molecule has 6 heteroatoms. The average molecular weight is 327 g/mol. The van der Waals surface area contributed by atoms with Crippen LogP contribution in [0.4, 0.5) is 0 Å². The second-order valence-electron chi connectivity index (χ2n) is 6.17. The number of aryl methyl sites for hydroxylation is 1. The number of nitrogens with zero attached hydrogens (tertiary/aromatic N) is 2. The van der Waals surface area contributed by atoms with Crippen molar-refractivity contribution in [3.05, 3.63) is 23.2 Å². The maximum absolute atomic E-state index is 10.8. The zero-order valence-corrected chi connectivity index (χ0v) is 14.0. The molecule has 0 radical (unpaired) electrons. The molecule has 2 aromatic rings. The van der Waals surface area contributed by atoms with Gasteiger partial charge in [-0.15, -0.1) is 0 Å². The minimum Gasteiger partial charge on any atom is -0.481 e. The predicted molar refractivity (Wildman–Crippen MR) is 87.2 cm³/mol. The molecule has 1 aromatic carbocycles. The van der Waals surface area contributed by atoms with Gasteiger partial charge in [-0.25, -0.2) is 4.98 Å². The molecule has 0 saturated heterocycles. The molecule has 0 unspecified atom stereocenters. The lowest BCUT2D eigenvalue weighted by atomic mass is 9.92. The fraction of sp³-hybridized carbons (Fsp3) is 0.467. The van der Waals surface area contributed by atoms with Crippen LogP contribution < -0.4 is 0 Å². The molecular formula is C15H19ClN2O2S. The molecular weight excluding hydrogens is 308 g/mol. The van der Waals surface area contributed by atoms with Crippen molar-refractivity contribution in [1.82, 2.24) is 9.55 Å². The van der Waals surface area contributed by atoms with E-state index in [1.807, 2.05) is 12.1 Å². The molecule has 0 saturated carbocycles. The van der Waals surface area contributed by atoms with Gasteiger partial charge in [0.05, 0.1) is 16.8 Å². The Morgan fingerprint density at radius 3 is 2.76 bits per heavy atom. The summed E-state index contributed by atoms with van der Waals surface area (Å²) < 4.78 is 2.07. The number of benzene rings is 1. The summed E-state index contributed by atoms with van der Waals surface area (Å²) in [4.78, 5) is 15.3. The molecule has 1 heterocycles. The first kappa shape index (κ1) is 16.2. The van der Waals surface area contributed by atoms with Gasteiger partial charge in [0.15, 0.2) is 5.16 Å². The quantitative estimate of drug-likeness (QED) is 0.832. The SMILES string of the molecule is CC(C)(C)CCn1c(SCC(=O)O)nc2ccc(Cl)cc21. The Morgan fingerprint density at radius 1 is 1.43 bits per heavy atom. The van der Waals surface area contributed by atoms with Gasteiger partial charge < -0.3 is 9.67 Å². The van der Waals surface area contributed by atoms with Crippen LogP contribution in [0.15, 0.2) is 23.4 Å². The summed E-state index contributed by atoms with van der Waals surface area (Å²) in [7, 11) is 0. The van der Waals surface area contributed by atoms with Gasteiger partial charge in [0.25, 0.3) is 0 Å². The van der Waals surface area contributed by atoms with Gasteiger partial charge in [0, 0.05) is 11.6 Å². The van der Waals surface area contributed by atoms with E-state index in [2.05, 4.69) is 30.3 Å². The van der Waals surface area contributed by atoms with E-state index < -0.39 is 5.97 Å². The third kappa shape index (κ3) is 4.38. The number of carboxylic acid groups (broad SMARTS) is 1. The average Bonchev–Trinajstić information content (AvgIpc) is 2.70. The molecule has 0 fully saturated rings. The van der Waals surface area contributed by atoms with E-state index in [0.29, 0.717) is 5.02 Å². The first-order chi connectivity index (χ1) is 9.76. The summed E-state index contributed by atoms with van der Waals surface area (Å²) in [6, 6.07) is 5.56. The predicted octanol–water partition coefficient (Wildman–Crippen LogP) is 4.30. The number of aromatic nitrogens is 2. The number of hydrogen-bond acceptors (Lipinski definition) is 3. The summed E-state index contributed by atoms with van der Waals surface area (Å²) in [6.07, 6.45) is 0.978. The zero-order chi connectivity index (χ0) is 15.6. The lowest BCUT2D eigenvalue weighted by Crippen LogP contribution is -2.11. The van der Waals surface area contributed by atoms with Crippen LogP contribution in [0, 0.1) is 5.41 Å². The molecule has 0 aliphatic rings. The largest absolute Gasteiger partial charge is 0.481 e. The highest BCUT2D eigenvalue weighted by Gasteiger charge is 2.16. The van der Waals surface area contributed by atoms with E-state index in [4.69, 9.17) is 16.7 Å². The number of thioether (sulfide) groups is 1. The van der Waals surface area contributed by atoms with Crippen LogP contribution in [-0.2, 0) is 11.3 Å². The van der Waals surface area contributed by atoms with Crippen molar-refractivity contribution in [2.75, 3.05) is 5.75 Å². The minimum absolute atomic E-state index is 0.00652. The maximum atomic E-state index is 10.8. The smallest absolute Gasteiger partial charge is 0.313 e. The second-order valence-corrected chi connectivity index (χ2v) is 7.55. The highest BCUT2D eigenvalue weighted by atomic mass is 35.5. The summed E-state index contributed by atoms with van der Waals surface area (Å²) in [5.41, 5.74) is 2.00. The van der Waals surface area contributed by atoms with Crippen LogP contribution in [0.2, 0.25) is 5.02 Å². The minimum atomic E-state index is -0.840. The Labute approximate surface area is 133 Å². The van der Waals surface area contributed by atoms with Crippen LogP contribution in [0.5, 0.6) is 0 Å². The van der Waals surface area contributed by atoms with Gasteiger partial charge >= 0.3 is 5.97 Å². The molecule has 0 bridgehead atoms. The Kier molecular flexibility index (Phi) is 4.84. The number of carboxylic acids is 1. The second kappa shape index (κ2) is 6.28. The lowest BCUT2D eigenvalue weighted by molar-refractivity contribution is -0.133. The number of aliphatic carboxylic acids is 1. The molecule has 2 rings (SSSR count). The summed E-state index contributed by atoms with van der Waals surface area (Å²) >= 11 is 7.32. The van der Waals surface area contributed by atoms with E-state index in [1.165, 1.54) is 11.8 Å². The Balaban J connectivity index is 2.38. The van der Waals surface area contributed by atoms with Gasteiger partial charge in [-0.1, -0.05) is 44.1 Å². The van der Waals surface area contributed by atoms with Gasteiger partial charge in [-0.2, -0.15) is 0 Å². The number of fused-ring (bicyclic) bond motifs is 1. The van der Waals surface area contributed by atoms with E-state index in [1.54, 1.807) is 6.07 Å². The fourth-order valence-electron chi connectivity index (χ4n) is 1.97. The molecule has 1 N–H and O–H groups in total. The molecule has 0 amide bonds. The van der Waals surface area contributed by atoms with E-state index in [0.717, 1.165) is 29.2 Å². The molecule has 0 spiro atoms. The number of carbonyl (C=O) groups is 1. The third-order valence-electron chi connectivity index (χ3n) is 3.09. The summed E-state index contributed by atoms with van der Waals surface area (Å²) in [6.45, 7) is 7.35. The highest BCUT2D eigenvalue weighted by molar-refractivity contribution is 7.99. The molecule has 0 aliphatic heterocycles. The first-order valence-electron chi connectivity index (χ1n) is 6.77. The van der Waals surface area contributed by atoms with Gasteiger partial charge in [0.2, 0.25) is 0 Å². The molecule has 1 aromatic heterocycles. The number of hydrogen-bond donors (Lipinski definition) is 1. The van der Waals surface area contributed by atoms with Crippen LogP contribution >= 0.6 is 23.4 Å². The van der Waals surface area contributed by atoms with E-state index in [9.17, 15) is 4.79 Å². The van der Waals surface area contributed by atoms with Gasteiger partial charge in [-0.3, -0.25) is 4.79 Å². The van der Waals surface area contributed by atoms with Crippen LogP contribution in [0.3, 0.4) is 0 Å². The van der Waals surface area contributed by atoms with Crippen LogP contribution in [0.25, 0.3) is 11.0 Å². The fourth-order valence-corrected chi connectivity index (χ4v) is 2.90. The molecule has 0 atom stereocenters. The lowest BCUT2D eigenvalue weighted by Gasteiger charge is -2.19. The zero-order valence-electron chi connectivity index (χ0n) is 12.4. The van der Waals surface area contributed by atoms with Crippen molar-refractivity contribution in [3.63, 3.8) is 0 Å². The van der Waals surface area contributed by atoms with E-state index in [-0.39, 0.29) is 11.2 Å². The molecule has 0 aliphatic carbocycles. The third-order valence-corrected chi connectivity index (χ3v) is 4.28. The summed E-state index contributed by atoms with van der Waals surface area (Å²) in [5.74, 6) is -0.834. The van der Waals surface area contributed by atoms with Gasteiger partial charge in [0.1, 0.15) is 0 Å². The van der Waals surface area contributed by atoms with Crippen molar-refractivity contribution in [1.29, 1.82) is 0 Å². The Bertz CT molecular complexity index is 661. The molecule has 114 valence electrons. The maximum Gasteiger partial charge on any atom is 0.313 e. The van der Waals surface area contributed by atoms with Crippen molar-refractivity contribution >= 4 is 40.4 Å².